The Hall–Kier alpha value is -2.73. The number of carbonyl (C=O) groups is 1. The van der Waals surface area contributed by atoms with Crippen molar-refractivity contribution in [2.75, 3.05) is 13.6 Å². The SMILES string of the molecule is CNCC[C@@H](Oc1ccc(O[C@@H]2OC(C(=O)O)[C@H](O)C(O)C2O)c2ccccc12)c1cccs1. The van der Waals surface area contributed by atoms with Crippen molar-refractivity contribution < 1.29 is 39.4 Å². The Bertz CT molecular complexity index is 1110. The number of carboxylic acid groups (broad SMARTS) is 1. The van der Waals surface area contributed by atoms with Crippen LogP contribution in [-0.2, 0) is 9.53 Å². The molecule has 0 aliphatic carbocycles. The van der Waals surface area contributed by atoms with Crippen LogP contribution in [0.3, 0.4) is 0 Å². The second kappa shape index (κ2) is 10.7. The van der Waals surface area contributed by atoms with E-state index in [1.54, 1.807) is 29.5 Å². The first-order valence-corrected chi connectivity index (χ1v) is 11.7. The first-order valence-electron chi connectivity index (χ1n) is 10.9. The monoisotopic (exact) mass is 489 g/mol. The van der Waals surface area contributed by atoms with Gasteiger partial charge in [0.1, 0.15) is 35.9 Å². The maximum Gasteiger partial charge on any atom is 0.335 e. The molecule has 0 amide bonds. The first kappa shape index (κ1) is 24.4. The minimum Gasteiger partial charge on any atom is -0.484 e. The molecule has 2 heterocycles. The lowest BCUT2D eigenvalue weighted by Crippen LogP contribution is -2.61. The van der Waals surface area contributed by atoms with Crippen molar-refractivity contribution in [3.8, 4) is 11.5 Å². The Labute approximate surface area is 200 Å². The normalized spacial score (nSPS) is 25.7. The lowest BCUT2D eigenvalue weighted by molar-refractivity contribution is -0.270. The predicted octanol–water partition coefficient (Wildman–Crippen LogP) is 1.90. The molecule has 34 heavy (non-hydrogen) atoms. The minimum atomic E-state index is -1.79. The van der Waals surface area contributed by atoms with Crippen molar-refractivity contribution in [1.82, 2.24) is 5.32 Å². The van der Waals surface area contributed by atoms with Crippen LogP contribution in [0.2, 0.25) is 0 Å². The van der Waals surface area contributed by atoms with Crippen molar-refractivity contribution in [1.29, 1.82) is 0 Å². The standard InChI is InChI=1S/C24H27NO8S/c1-25-11-10-17(18-7-4-12-34-18)31-15-8-9-16(14-6-3-2-5-13(14)15)32-24-21(28)19(26)20(27)22(33-24)23(29)30/h2-9,12,17,19-22,24-28H,10-11H2,1H3,(H,29,30)/t17-,19?,20-,21?,22?,24-/m1/s1. The Morgan fingerprint density at radius 1 is 1.03 bits per heavy atom. The van der Waals surface area contributed by atoms with E-state index in [0.717, 1.165) is 23.2 Å². The summed E-state index contributed by atoms with van der Waals surface area (Å²) in [5.41, 5.74) is 0. The van der Waals surface area contributed by atoms with Gasteiger partial charge in [0.25, 0.3) is 0 Å². The van der Waals surface area contributed by atoms with Crippen LogP contribution in [0.25, 0.3) is 10.8 Å². The van der Waals surface area contributed by atoms with E-state index in [9.17, 15) is 25.2 Å². The van der Waals surface area contributed by atoms with E-state index in [0.29, 0.717) is 16.9 Å². The van der Waals surface area contributed by atoms with Crippen LogP contribution in [0.15, 0.2) is 53.9 Å². The molecule has 182 valence electrons. The molecule has 5 N–H and O–H groups in total. The summed E-state index contributed by atoms with van der Waals surface area (Å²) in [7, 11) is 1.89. The summed E-state index contributed by atoms with van der Waals surface area (Å²) in [6.45, 7) is 0.775. The Morgan fingerprint density at radius 2 is 1.74 bits per heavy atom. The molecule has 1 aromatic heterocycles. The van der Waals surface area contributed by atoms with Gasteiger partial charge in [-0.2, -0.15) is 0 Å². The van der Waals surface area contributed by atoms with Gasteiger partial charge < -0.3 is 40.0 Å². The number of aliphatic carboxylic acids is 1. The second-order valence-corrected chi connectivity index (χ2v) is 8.95. The zero-order chi connectivity index (χ0) is 24.2. The summed E-state index contributed by atoms with van der Waals surface area (Å²) in [5, 5.41) is 46.1. The van der Waals surface area contributed by atoms with Gasteiger partial charge >= 0.3 is 5.97 Å². The molecule has 3 unspecified atom stereocenters. The van der Waals surface area contributed by atoms with Crippen LogP contribution < -0.4 is 14.8 Å². The third kappa shape index (κ3) is 5.02. The number of thiophene rings is 1. The number of benzene rings is 2. The second-order valence-electron chi connectivity index (χ2n) is 7.97. The van der Waals surface area contributed by atoms with E-state index in [1.807, 2.05) is 42.8 Å². The number of fused-ring (bicyclic) bond motifs is 1. The zero-order valence-corrected chi connectivity index (χ0v) is 19.2. The topological polar surface area (TPSA) is 138 Å². The summed E-state index contributed by atoms with van der Waals surface area (Å²) in [5.74, 6) is -0.522. The van der Waals surface area contributed by atoms with E-state index in [4.69, 9.17) is 14.2 Å². The predicted molar refractivity (Wildman–Crippen MR) is 125 cm³/mol. The molecule has 1 fully saturated rings. The summed E-state index contributed by atoms with van der Waals surface area (Å²) in [6.07, 6.45) is -7.80. The molecule has 6 atom stereocenters. The molecule has 2 aromatic carbocycles. The van der Waals surface area contributed by atoms with Crippen LogP contribution in [0.5, 0.6) is 11.5 Å². The van der Waals surface area contributed by atoms with E-state index in [2.05, 4.69) is 5.32 Å². The van der Waals surface area contributed by atoms with E-state index in [1.165, 1.54) is 0 Å². The Kier molecular flexibility index (Phi) is 7.67. The molecular weight excluding hydrogens is 462 g/mol. The molecule has 3 aromatic rings. The summed E-state index contributed by atoms with van der Waals surface area (Å²) in [4.78, 5) is 12.5. The molecule has 9 nitrogen and oxygen atoms in total. The number of ether oxygens (including phenoxy) is 3. The maximum atomic E-state index is 11.4. The van der Waals surface area contributed by atoms with Crippen LogP contribution in [0.1, 0.15) is 17.4 Å². The average molecular weight is 490 g/mol. The van der Waals surface area contributed by atoms with Crippen LogP contribution in [-0.4, -0.2) is 70.7 Å². The van der Waals surface area contributed by atoms with Gasteiger partial charge in [-0.1, -0.05) is 30.3 Å². The van der Waals surface area contributed by atoms with Gasteiger partial charge in [0.05, 0.1) is 0 Å². The first-order chi connectivity index (χ1) is 16.4. The van der Waals surface area contributed by atoms with Gasteiger partial charge in [-0.25, -0.2) is 4.79 Å². The third-order valence-corrected chi connectivity index (χ3v) is 6.65. The number of rotatable bonds is 9. The van der Waals surface area contributed by atoms with Crippen LogP contribution >= 0.6 is 11.3 Å². The number of carboxylic acids is 1. The molecule has 0 saturated carbocycles. The van der Waals surface area contributed by atoms with Gasteiger partial charge in [0.2, 0.25) is 6.29 Å². The highest BCUT2D eigenvalue weighted by Crippen LogP contribution is 2.38. The molecule has 0 spiro atoms. The van der Waals surface area contributed by atoms with Crippen molar-refractivity contribution >= 4 is 28.1 Å². The molecule has 1 aliphatic heterocycles. The Balaban J connectivity index is 1.62. The average Bonchev–Trinajstić information content (AvgIpc) is 3.37. The Morgan fingerprint density at radius 3 is 2.38 bits per heavy atom. The molecule has 0 bridgehead atoms. The van der Waals surface area contributed by atoms with E-state index < -0.39 is 36.7 Å². The minimum absolute atomic E-state index is 0.154. The number of nitrogens with one attached hydrogen (secondary N) is 1. The van der Waals surface area contributed by atoms with Crippen LogP contribution in [0, 0.1) is 0 Å². The maximum absolute atomic E-state index is 11.4. The molecule has 1 saturated heterocycles. The van der Waals surface area contributed by atoms with Crippen LogP contribution in [0.4, 0.5) is 0 Å². The summed E-state index contributed by atoms with van der Waals surface area (Å²) >= 11 is 1.62. The fourth-order valence-electron chi connectivity index (χ4n) is 3.89. The quantitative estimate of drug-likeness (QED) is 0.305. The summed E-state index contributed by atoms with van der Waals surface area (Å²) in [6, 6.07) is 14.8. The van der Waals surface area contributed by atoms with Crippen molar-refractivity contribution in [2.24, 2.45) is 0 Å². The van der Waals surface area contributed by atoms with Crippen molar-refractivity contribution in [2.45, 2.75) is 43.2 Å². The van der Waals surface area contributed by atoms with Gasteiger partial charge in [0.15, 0.2) is 6.10 Å². The number of hydrogen-bond acceptors (Lipinski definition) is 9. The fraction of sp³-hybridized carbons (Fsp3) is 0.375. The van der Waals surface area contributed by atoms with Gasteiger partial charge in [-0.15, -0.1) is 11.3 Å². The largest absolute Gasteiger partial charge is 0.484 e. The van der Waals surface area contributed by atoms with Gasteiger partial charge in [0, 0.05) is 22.1 Å². The molecule has 4 rings (SSSR count). The van der Waals surface area contributed by atoms with Crippen molar-refractivity contribution in [3.63, 3.8) is 0 Å². The highest BCUT2D eigenvalue weighted by atomic mass is 32.1. The lowest BCUT2D eigenvalue weighted by atomic mass is 9.99. The number of aliphatic hydroxyl groups is 3. The van der Waals surface area contributed by atoms with Crippen molar-refractivity contribution in [3.05, 3.63) is 58.8 Å². The molecule has 1 aliphatic rings. The molecular formula is C24H27NO8S. The van der Waals surface area contributed by atoms with E-state index in [-0.39, 0.29) is 6.10 Å². The number of hydrogen-bond donors (Lipinski definition) is 5. The molecule has 0 radical (unpaired) electrons. The smallest absolute Gasteiger partial charge is 0.335 e. The van der Waals surface area contributed by atoms with E-state index >= 15 is 0 Å². The summed E-state index contributed by atoms with van der Waals surface area (Å²) < 4.78 is 17.5. The van der Waals surface area contributed by atoms with Gasteiger partial charge in [-0.3, -0.25) is 0 Å². The highest BCUT2D eigenvalue weighted by Gasteiger charge is 2.48. The highest BCUT2D eigenvalue weighted by molar-refractivity contribution is 7.10. The number of aliphatic hydroxyl groups excluding tert-OH is 3. The molecule has 10 heteroatoms. The fourth-order valence-corrected chi connectivity index (χ4v) is 4.68. The third-order valence-electron chi connectivity index (χ3n) is 5.69. The lowest BCUT2D eigenvalue weighted by Gasteiger charge is -2.38. The van der Waals surface area contributed by atoms with Gasteiger partial charge in [-0.05, 0) is 37.2 Å². The zero-order valence-electron chi connectivity index (χ0n) is 18.4.